The van der Waals surface area contributed by atoms with Gasteiger partial charge in [-0.2, -0.15) is 0 Å². The molecule has 1 aliphatic rings. The van der Waals surface area contributed by atoms with Crippen molar-refractivity contribution in [1.82, 2.24) is 5.32 Å². The first kappa shape index (κ1) is 23.1. The van der Waals surface area contributed by atoms with E-state index in [0.29, 0.717) is 16.3 Å². The van der Waals surface area contributed by atoms with Crippen molar-refractivity contribution < 1.29 is 24.5 Å². The summed E-state index contributed by atoms with van der Waals surface area (Å²) in [6, 6.07) is 21.1. The number of hydrogen-bond donors (Lipinski definition) is 3. The van der Waals surface area contributed by atoms with Gasteiger partial charge in [0.25, 0.3) is 0 Å². The van der Waals surface area contributed by atoms with E-state index in [4.69, 9.17) is 21.1 Å². The van der Waals surface area contributed by atoms with E-state index in [1.807, 2.05) is 24.3 Å². The number of hydrogen-bond acceptors (Lipinski definition) is 5. The number of fused-ring (bicyclic) bond motifs is 3. The largest absolute Gasteiger partial charge is 0.496 e. The Bertz CT molecular complexity index is 1090. The zero-order valence-corrected chi connectivity index (χ0v) is 19.0. The molecule has 0 bridgehead atoms. The maximum Gasteiger partial charge on any atom is 0.407 e. The van der Waals surface area contributed by atoms with Gasteiger partial charge in [0, 0.05) is 23.0 Å². The molecule has 172 valence electrons. The monoisotopic (exact) mass is 467 g/mol. The number of carbonyl (C=O) groups is 1. The number of benzene rings is 3. The molecule has 0 aliphatic heterocycles. The molecule has 2 atom stereocenters. The lowest BCUT2D eigenvalue weighted by atomic mass is 9.98. The van der Waals surface area contributed by atoms with Gasteiger partial charge in [0.2, 0.25) is 0 Å². The Balaban J connectivity index is 1.30. The van der Waals surface area contributed by atoms with Gasteiger partial charge in [-0.25, -0.2) is 4.79 Å². The lowest BCUT2D eigenvalue weighted by Crippen LogP contribution is -2.30. The molecule has 0 heterocycles. The number of aliphatic hydroxyl groups is 2. The average molecular weight is 468 g/mol. The van der Waals surface area contributed by atoms with Gasteiger partial charge in [0.15, 0.2) is 0 Å². The number of halogens is 1. The molecule has 0 radical (unpaired) electrons. The van der Waals surface area contributed by atoms with Crippen LogP contribution in [0.25, 0.3) is 11.1 Å². The third-order valence-corrected chi connectivity index (χ3v) is 6.16. The number of rotatable bonds is 8. The number of aliphatic hydroxyl groups excluding tert-OH is 2. The molecule has 3 N–H and O–H groups in total. The van der Waals surface area contributed by atoms with E-state index in [1.54, 1.807) is 18.2 Å². The third-order valence-electron chi connectivity index (χ3n) is 5.93. The van der Waals surface area contributed by atoms with Crippen molar-refractivity contribution in [1.29, 1.82) is 0 Å². The molecule has 0 spiro atoms. The van der Waals surface area contributed by atoms with Crippen LogP contribution in [0.2, 0.25) is 5.02 Å². The number of methoxy groups -OCH3 is 1. The smallest absolute Gasteiger partial charge is 0.407 e. The summed E-state index contributed by atoms with van der Waals surface area (Å²) >= 11 is 6.00. The molecule has 2 unspecified atom stereocenters. The topological polar surface area (TPSA) is 88.0 Å². The Morgan fingerprint density at radius 2 is 1.67 bits per heavy atom. The van der Waals surface area contributed by atoms with Crippen LogP contribution in [-0.2, 0) is 4.74 Å². The second kappa shape index (κ2) is 10.3. The molecule has 1 amide bonds. The van der Waals surface area contributed by atoms with Crippen LogP contribution in [0.5, 0.6) is 5.75 Å². The summed E-state index contributed by atoms with van der Waals surface area (Å²) in [4.78, 5) is 12.3. The summed E-state index contributed by atoms with van der Waals surface area (Å²) in [5.41, 5.74) is 4.99. The number of nitrogens with one attached hydrogen (secondary N) is 1. The fraction of sp³-hybridized carbons (Fsp3) is 0.269. The molecule has 0 saturated heterocycles. The second-order valence-electron chi connectivity index (χ2n) is 7.94. The van der Waals surface area contributed by atoms with Gasteiger partial charge >= 0.3 is 6.09 Å². The van der Waals surface area contributed by atoms with Gasteiger partial charge in [-0.05, 0) is 46.9 Å². The molecule has 3 aromatic rings. The highest BCUT2D eigenvalue weighted by Gasteiger charge is 2.29. The highest BCUT2D eigenvalue weighted by Crippen LogP contribution is 2.44. The summed E-state index contributed by atoms with van der Waals surface area (Å²) in [7, 11) is 1.48. The summed E-state index contributed by atoms with van der Waals surface area (Å²) in [6.07, 6.45) is -2.77. The number of alkyl carbamates (subject to hydrolysis) is 1. The van der Waals surface area contributed by atoms with E-state index in [1.165, 1.54) is 7.11 Å². The molecule has 3 aromatic carbocycles. The molecule has 1 aliphatic carbocycles. The van der Waals surface area contributed by atoms with Crippen molar-refractivity contribution in [3.8, 4) is 16.9 Å². The zero-order valence-electron chi connectivity index (χ0n) is 18.2. The van der Waals surface area contributed by atoms with E-state index in [0.717, 1.165) is 22.3 Å². The first-order valence-corrected chi connectivity index (χ1v) is 11.2. The van der Waals surface area contributed by atoms with Crippen LogP contribution in [0.1, 0.15) is 35.1 Å². The van der Waals surface area contributed by atoms with Crippen molar-refractivity contribution in [2.75, 3.05) is 20.3 Å². The second-order valence-corrected chi connectivity index (χ2v) is 8.38. The fourth-order valence-electron chi connectivity index (χ4n) is 4.27. The number of ether oxygens (including phenoxy) is 2. The Kier molecular flexibility index (Phi) is 7.18. The molecule has 33 heavy (non-hydrogen) atoms. The Morgan fingerprint density at radius 1 is 1.03 bits per heavy atom. The summed E-state index contributed by atoms with van der Waals surface area (Å²) in [6.45, 7) is 0.350. The van der Waals surface area contributed by atoms with E-state index >= 15 is 0 Å². The van der Waals surface area contributed by atoms with Crippen LogP contribution in [-0.4, -0.2) is 42.7 Å². The maximum absolute atomic E-state index is 12.3. The van der Waals surface area contributed by atoms with Crippen LogP contribution in [0.3, 0.4) is 0 Å². The van der Waals surface area contributed by atoms with Crippen LogP contribution < -0.4 is 10.1 Å². The lowest BCUT2D eigenvalue weighted by molar-refractivity contribution is 0.0124. The van der Waals surface area contributed by atoms with Gasteiger partial charge < -0.3 is 25.0 Å². The average Bonchev–Trinajstić information content (AvgIpc) is 3.16. The molecule has 4 rings (SSSR count). The minimum atomic E-state index is -1.21. The molecule has 0 fully saturated rings. The van der Waals surface area contributed by atoms with Gasteiger partial charge in [-0.3, -0.25) is 0 Å². The minimum Gasteiger partial charge on any atom is -0.496 e. The summed E-state index contributed by atoms with van der Waals surface area (Å²) in [5, 5.41) is 23.9. The van der Waals surface area contributed by atoms with Crippen LogP contribution in [0.4, 0.5) is 4.79 Å². The standard InChI is InChI=1S/C26H26ClNO5/c1-32-24-11-10-16(27)14-21(24)25(30)23(29)12-13-28-26(31)33-15-22-19-8-4-2-6-17(19)18-7-3-5-9-20(18)22/h2-11,14,22-23,25,29-30H,12-13,15H2,1H3,(H,28,31). The van der Waals surface area contributed by atoms with Crippen molar-refractivity contribution >= 4 is 17.7 Å². The van der Waals surface area contributed by atoms with Crippen LogP contribution in [0, 0.1) is 0 Å². The van der Waals surface area contributed by atoms with Gasteiger partial charge in [0.05, 0.1) is 13.2 Å². The first-order chi connectivity index (χ1) is 16.0. The summed E-state index contributed by atoms with van der Waals surface area (Å²) < 4.78 is 10.7. The van der Waals surface area contributed by atoms with Crippen LogP contribution in [0.15, 0.2) is 66.7 Å². The highest BCUT2D eigenvalue weighted by molar-refractivity contribution is 6.30. The Labute approximate surface area is 197 Å². The number of carbonyl (C=O) groups excluding carboxylic acids is 1. The molecular formula is C26H26ClNO5. The van der Waals surface area contributed by atoms with E-state index < -0.39 is 18.3 Å². The first-order valence-electron chi connectivity index (χ1n) is 10.8. The van der Waals surface area contributed by atoms with E-state index in [9.17, 15) is 15.0 Å². The fourth-order valence-corrected chi connectivity index (χ4v) is 4.45. The third kappa shape index (κ3) is 4.98. The highest BCUT2D eigenvalue weighted by atomic mass is 35.5. The van der Waals surface area contributed by atoms with Crippen molar-refractivity contribution in [2.24, 2.45) is 0 Å². The van der Waals surface area contributed by atoms with E-state index in [-0.39, 0.29) is 25.5 Å². The molecule has 0 saturated carbocycles. The van der Waals surface area contributed by atoms with Crippen molar-refractivity contribution in [3.05, 3.63) is 88.4 Å². The van der Waals surface area contributed by atoms with Crippen LogP contribution >= 0.6 is 11.6 Å². The maximum atomic E-state index is 12.3. The van der Waals surface area contributed by atoms with Crippen molar-refractivity contribution in [3.63, 3.8) is 0 Å². The number of amides is 1. The lowest BCUT2D eigenvalue weighted by Gasteiger charge is -2.21. The predicted molar refractivity (Wildman–Crippen MR) is 127 cm³/mol. The zero-order chi connectivity index (χ0) is 23.4. The Hall–Kier alpha value is -3.06. The Morgan fingerprint density at radius 3 is 2.30 bits per heavy atom. The molecule has 6 nitrogen and oxygen atoms in total. The molecular weight excluding hydrogens is 442 g/mol. The van der Waals surface area contributed by atoms with Crippen molar-refractivity contribution in [2.45, 2.75) is 24.5 Å². The summed E-state index contributed by atoms with van der Waals surface area (Å²) in [5.74, 6) is 0.404. The SMILES string of the molecule is COc1ccc(Cl)cc1C(O)C(O)CCNC(=O)OCC1c2ccccc2-c2ccccc21. The van der Waals surface area contributed by atoms with Gasteiger partial charge in [-0.1, -0.05) is 60.1 Å². The normalized spacial score (nSPS) is 14.2. The molecule has 7 heteroatoms. The quantitative estimate of drug-likeness (QED) is 0.448. The van der Waals surface area contributed by atoms with Gasteiger partial charge in [0.1, 0.15) is 18.5 Å². The predicted octanol–water partition coefficient (Wildman–Crippen LogP) is 4.67. The minimum absolute atomic E-state index is 0.0224. The molecule has 0 aromatic heterocycles. The van der Waals surface area contributed by atoms with Gasteiger partial charge in [-0.15, -0.1) is 0 Å². The van der Waals surface area contributed by atoms with E-state index in [2.05, 4.69) is 29.6 Å².